The van der Waals surface area contributed by atoms with E-state index in [1.807, 2.05) is 55.5 Å². The molecule has 2 heterocycles. The van der Waals surface area contributed by atoms with Gasteiger partial charge in [0.25, 0.3) is 0 Å². The summed E-state index contributed by atoms with van der Waals surface area (Å²) < 4.78 is 6.27. The highest BCUT2D eigenvalue weighted by Gasteiger charge is 2.53. The second kappa shape index (κ2) is 5.72. The molecule has 2 aromatic rings. The Hall–Kier alpha value is -2.18. The van der Waals surface area contributed by atoms with Crippen LogP contribution in [-0.4, -0.2) is 15.8 Å². The number of nitrogens with one attached hydrogen (secondary N) is 3. The fourth-order valence-corrected chi connectivity index (χ4v) is 4.24. The minimum atomic E-state index is -0.694. The average molecular weight is 355 g/mol. The minimum Gasteiger partial charge on any atom is -0.467 e. The zero-order valence-electron chi connectivity index (χ0n) is 13.1. The van der Waals surface area contributed by atoms with Gasteiger partial charge in [-0.15, -0.1) is 0 Å². The van der Waals surface area contributed by atoms with Crippen LogP contribution in [0.2, 0.25) is 0 Å². The largest absolute Gasteiger partial charge is 0.467 e. The third-order valence-corrected chi connectivity index (χ3v) is 5.05. The smallest absolute Gasteiger partial charge is 0.191 e. The van der Waals surface area contributed by atoms with Crippen molar-refractivity contribution >= 4 is 40.2 Å². The molecule has 122 valence electrons. The lowest BCUT2D eigenvalue weighted by Gasteiger charge is -2.51. The average Bonchev–Trinajstić information content (AvgIpc) is 2.54. The maximum Gasteiger partial charge on any atom is 0.191 e. The first kappa shape index (κ1) is 15.4. The molecular formula is C18H17N3OS2. The Morgan fingerprint density at radius 3 is 2.62 bits per heavy atom. The maximum atomic E-state index is 6.27. The van der Waals surface area contributed by atoms with E-state index >= 15 is 0 Å². The van der Waals surface area contributed by atoms with Crippen molar-refractivity contribution in [2.45, 2.75) is 18.7 Å². The van der Waals surface area contributed by atoms with Gasteiger partial charge in [-0.2, -0.15) is 0 Å². The number of hydrogen-bond acceptors (Lipinski definition) is 3. The van der Waals surface area contributed by atoms with E-state index in [1.165, 1.54) is 0 Å². The van der Waals surface area contributed by atoms with Crippen molar-refractivity contribution in [3.8, 4) is 5.75 Å². The second-order valence-electron chi connectivity index (χ2n) is 6.16. The predicted octanol–water partition coefficient (Wildman–Crippen LogP) is 3.37. The van der Waals surface area contributed by atoms with Gasteiger partial charge in [0, 0.05) is 11.3 Å². The fourth-order valence-electron chi connectivity index (χ4n) is 3.43. The molecule has 0 spiro atoms. The number of anilines is 1. The van der Waals surface area contributed by atoms with E-state index < -0.39 is 5.72 Å². The first-order valence-corrected chi connectivity index (χ1v) is 8.61. The molecule has 2 aromatic carbocycles. The summed E-state index contributed by atoms with van der Waals surface area (Å²) in [5.74, 6) is 0.751. The summed E-state index contributed by atoms with van der Waals surface area (Å²) in [5, 5.41) is 10.5. The second-order valence-corrected chi connectivity index (χ2v) is 7.00. The molecule has 3 atom stereocenters. The maximum absolute atomic E-state index is 6.27. The molecule has 1 fully saturated rings. The van der Waals surface area contributed by atoms with Crippen molar-refractivity contribution in [1.29, 1.82) is 0 Å². The van der Waals surface area contributed by atoms with E-state index in [0.717, 1.165) is 17.0 Å². The molecular weight excluding hydrogens is 338 g/mol. The molecule has 6 heteroatoms. The van der Waals surface area contributed by atoms with E-state index in [9.17, 15) is 0 Å². The normalized spacial score (nSPS) is 27.1. The predicted molar refractivity (Wildman–Crippen MR) is 103 cm³/mol. The summed E-state index contributed by atoms with van der Waals surface area (Å²) >= 11 is 11.1. The van der Waals surface area contributed by atoms with Crippen LogP contribution in [0.4, 0.5) is 5.69 Å². The van der Waals surface area contributed by atoms with Crippen LogP contribution in [0, 0.1) is 5.92 Å². The van der Waals surface area contributed by atoms with Crippen LogP contribution in [0.3, 0.4) is 0 Å². The molecule has 2 aliphatic heterocycles. The van der Waals surface area contributed by atoms with Crippen molar-refractivity contribution in [3.05, 3.63) is 60.2 Å². The Kier molecular flexibility index (Phi) is 3.66. The van der Waals surface area contributed by atoms with Crippen LogP contribution in [0.25, 0.3) is 0 Å². The van der Waals surface area contributed by atoms with Gasteiger partial charge in [0.15, 0.2) is 10.8 Å². The first-order valence-electron chi connectivity index (χ1n) is 7.79. The molecule has 0 amide bonds. The number of fused-ring (bicyclic) bond motifs is 4. The van der Waals surface area contributed by atoms with Crippen LogP contribution < -0.4 is 20.7 Å². The van der Waals surface area contributed by atoms with Gasteiger partial charge in [-0.1, -0.05) is 48.6 Å². The SMILES string of the molecule is C[C@]12NC(=S)N[C@H](c3ccccc3O1)[C@@H]2C(=S)Nc1ccccc1. The van der Waals surface area contributed by atoms with Crippen LogP contribution in [0.5, 0.6) is 5.75 Å². The molecule has 0 radical (unpaired) electrons. The van der Waals surface area contributed by atoms with Gasteiger partial charge in [0.1, 0.15) is 5.75 Å². The van der Waals surface area contributed by atoms with Gasteiger partial charge in [-0.25, -0.2) is 0 Å². The Balaban J connectivity index is 1.72. The molecule has 1 saturated heterocycles. The number of hydrogen-bond donors (Lipinski definition) is 3. The van der Waals surface area contributed by atoms with Gasteiger partial charge < -0.3 is 20.7 Å². The van der Waals surface area contributed by atoms with Gasteiger partial charge in [0.2, 0.25) is 0 Å². The number of rotatable bonds is 2. The summed E-state index contributed by atoms with van der Waals surface area (Å²) in [5.41, 5.74) is 1.34. The lowest BCUT2D eigenvalue weighted by atomic mass is 9.80. The third-order valence-electron chi connectivity index (χ3n) is 4.47. The molecule has 0 aliphatic carbocycles. The van der Waals surface area contributed by atoms with Gasteiger partial charge in [-0.3, -0.25) is 0 Å². The summed E-state index contributed by atoms with van der Waals surface area (Å²) in [7, 11) is 0. The molecule has 3 N–H and O–H groups in total. The summed E-state index contributed by atoms with van der Waals surface area (Å²) in [6.07, 6.45) is 0. The minimum absolute atomic E-state index is 0.0302. The van der Waals surface area contributed by atoms with Gasteiger partial charge >= 0.3 is 0 Å². The highest BCUT2D eigenvalue weighted by molar-refractivity contribution is 7.80. The Bertz CT molecular complexity index is 811. The zero-order valence-corrected chi connectivity index (χ0v) is 14.7. The van der Waals surface area contributed by atoms with Crippen molar-refractivity contribution in [2.75, 3.05) is 5.32 Å². The number of thiocarbonyl (C=S) groups is 2. The molecule has 2 bridgehead atoms. The molecule has 0 saturated carbocycles. The standard InChI is InChI=1S/C18H17N3OS2/c1-18-14(16(23)19-11-7-3-2-4-8-11)15(20-17(24)21-18)12-9-5-6-10-13(12)22-18/h2-10,14-15H,1H3,(H,19,23)(H2,20,21,24)/t14-,15-,18+/m1/s1. The van der Waals surface area contributed by atoms with Crippen molar-refractivity contribution in [3.63, 3.8) is 0 Å². The molecule has 2 aliphatic rings. The summed E-state index contributed by atoms with van der Waals surface area (Å²) in [6.45, 7) is 1.99. The fraction of sp³-hybridized carbons (Fsp3) is 0.222. The molecule has 4 rings (SSSR count). The van der Waals surface area contributed by atoms with Crippen molar-refractivity contribution < 1.29 is 4.74 Å². The Labute approximate surface area is 151 Å². The number of benzene rings is 2. The van der Waals surface area contributed by atoms with E-state index in [-0.39, 0.29) is 12.0 Å². The lowest BCUT2D eigenvalue weighted by Crippen LogP contribution is -2.70. The van der Waals surface area contributed by atoms with Crippen molar-refractivity contribution in [2.24, 2.45) is 5.92 Å². The van der Waals surface area contributed by atoms with Gasteiger partial charge in [-0.05, 0) is 37.3 Å². The topological polar surface area (TPSA) is 45.3 Å². The van der Waals surface area contributed by atoms with E-state index in [4.69, 9.17) is 29.2 Å². The molecule has 0 aromatic heterocycles. The van der Waals surface area contributed by atoms with E-state index in [0.29, 0.717) is 10.1 Å². The van der Waals surface area contributed by atoms with Crippen LogP contribution in [0.1, 0.15) is 18.5 Å². The van der Waals surface area contributed by atoms with Crippen LogP contribution >= 0.6 is 24.4 Å². The first-order chi connectivity index (χ1) is 11.6. The highest BCUT2D eigenvalue weighted by Crippen LogP contribution is 2.45. The molecule has 24 heavy (non-hydrogen) atoms. The van der Waals surface area contributed by atoms with E-state index in [1.54, 1.807) is 0 Å². The van der Waals surface area contributed by atoms with E-state index in [2.05, 4.69) is 22.0 Å². The quantitative estimate of drug-likeness (QED) is 0.718. The van der Waals surface area contributed by atoms with Crippen LogP contribution in [-0.2, 0) is 0 Å². The highest BCUT2D eigenvalue weighted by atomic mass is 32.1. The number of para-hydroxylation sites is 2. The Morgan fingerprint density at radius 2 is 1.83 bits per heavy atom. The molecule has 0 unspecified atom stereocenters. The molecule has 4 nitrogen and oxygen atoms in total. The Morgan fingerprint density at radius 1 is 1.12 bits per heavy atom. The van der Waals surface area contributed by atoms with Gasteiger partial charge in [0.05, 0.1) is 16.9 Å². The van der Waals surface area contributed by atoms with Crippen LogP contribution in [0.15, 0.2) is 54.6 Å². The number of ether oxygens (including phenoxy) is 1. The third kappa shape index (κ3) is 2.52. The van der Waals surface area contributed by atoms with Crippen molar-refractivity contribution in [1.82, 2.24) is 10.6 Å². The lowest BCUT2D eigenvalue weighted by molar-refractivity contribution is -0.00402. The monoisotopic (exact) mass is 355 g/mol. The zero-order chi connectivity index (χ0) is 16.7. The summed E-state index contributed by atoms with van der Waals surface area (Å²) in [6, 6.07) is 17.9. The summed E-state index contributed by atoms with van der Waals surface area (Å²) in [4.78, 5) is 0.714.